The molecule has 3 aliphatic rings. The molecule has 3 aromatic rings. The first kappa shape index (κ1) is 27.6. The second-order valence-corrected chi connectivity index (χ2v) is 12.2. The van der Waals surface area contributed by atoms with Gasteiger partial charge in [0.25, 0.3) is 5.91 Å². The quantitative estimate of drug-likeness (QED) is 0.279. The van der Waals surface area contributed by atoms with E-state index in [0.29, 0.717) is 18.5 Å². The van der Waals surface area contributed by atoms with Gasteiger partial charge < -0.3 is 24.7 Å². The van der Waals surface area contributed by atoms with Gasteiger partial charge in [-0.15, -0.1) is 6.58 Å². The molecule has 9 heteroatoms. The molecule has 6 rings (SSSR count). The molecule has 3 aliphatic heterocycles. The third kappa shape index (κ3) is 4.38. The minimum Gasteiger partial charge on any atom is -0.481 e. The first-order chi connectivity index (χ1) is 19.8. The summed E-state index contributed by atoms with van der Waals surface area (Å²) in [5, 5.41) is 22.8. The van der Waals surface area contributed by atoms with Crippen LogP contribution in [-0.2, 0) is 25.5 Å². The Morgan fingerprint density at radius 3 is 2.51 bits per heavy atom. The highest BCUT2D eigenvalue weighted by Gasteiger charge is 2.77. The van der Waals surface area contributed by atoms with Crippen molar-refractivity contribution < 1.29 is 29.3 Å². The lowest BCUT2D eigenvalue weighted by atomic mass is 9.70. The zero-order chi connectivity index (χ0) is 28.9. The van der Waals surface area contributed by atoms with Gasteiger partial charge in [0.1, 0.15) is 11.6 Å². The van der Waals surface area contributed by atoms with Crippen LogP contribution in [0.2, 0.25) is 0 Å². The van der Waals surface area contributed by atoms with Gasteiger partial charge in [0.15, 0.2) is 0 Å². The summed E-state index contributed by atoms with van der Waals surface area (Å²) < 4.78 is 6.44. The molecule has 3 aromatic carbocycles. The number of aliphatic hydroxyl groups is 1. The standard InChI is InChI=1S/C32H31BrN2O6/c1-2-14-34(22-13-12-20-10-6-7-11-21(20)16-22)30(38)28-32-17-24(33)27(41-32)25(31(39)40)26(32)29(37)35(28)23(18-36)15-19-8-4-3-5-9-19/h2-13,16,23-28,36H,1,14-15,17-18H2,(H,39,40)/t23-,24?,25-,26+,27-,28-,32+/m1/s1. The minimum atomic E-state index is -1.35. The van der Waals surface area contributed by atoms with E-state index in [9.17, 15) is 24.6 Å². The number of hydrogen-bond donors (Lipinski definition) is 2. The summed E-state index contributed by atoms with van der Waals surface area (Å²) >= 11 is 3.59. The molecule has 2 amide bonds. The Hall–Kier alpha value is -3.53. The normalized spacial score (nSPS) is 29.0. The molecule has 8 nitrogen and oxygen atoms in total. The number of halogens is 1. The predicted octanol–water partition coefficient (Wildman–Crippen LogP) is 3.80. The molecule has 3 fully saturated rings. The largest absolute Gasteiger partial charge is 0.481 e. The van der Waals surface area contributed by atoms with Gasteiger partial charge in [0.2, 0.25) is 5.91 Å². The number of carbonyl (C=O) groups excluding carboxylic acids is 2. The van der Waals surface area contributed by atoms with Crippen molar-refractivity contribution in [1.82, 2.24) is 4.90 Å². The highest BCUT2D eigenvalue weighted by Crippen LogP contribution is 2.60. The van der Waals surface area contributed by atoms with Crippen molar-refractivity contribution in [2.45, 2.75) is 41.5 Å². The Balaban J connectivity index is 1.47. The van der Waals surface area contributed by atoms with Crippen LogP contribution in [0.5, 0.6) is 0 Å². The zero-order valence-electron chi connectivity index (χ0n) is 22.3. The Bertz CT molecular complexity index is 1510. The van der Waals surface area contributed by atoms with Crippen molar-refractivity contribution in [3.8, 4) is 0 Å². The van der Waals surface area contributed by atoms with E-state index < -0.39 is 60.0 Å². The molecule has 3 saturated heterocycles. The topological polar surface area (TPSA) is 107 Å². The second-order valence-electron chi connectivity index (χ2n) is 11.0. The van der Waals surface area contributed by atoms with Gasteiger partial charge in [-0.1, -0.05) is 82.7 Å². The van der Waals surface area contributed by atoms with Crippen LogP contribution < -0.4 is 4.90 Å². The maximum Gasteiger partial charge on any atom is 0.310 e. The van der Waals surface area contributed by atoms with Crippen molar-refractivity contribution in [2.24, 2.45) is 11.8 Å². The van der Waals surface area contributed by atoms with Crippen molar-refractivity contribution in [2.75, 3.05) is 18.1 Å². The molecule has 2 N–H and O–H groups in total. The average Bonchev–Trinajstić information content (AvgIpc) is 3.58. The fraction of sp³-hybridized carbons (Fsp3) is 0.344. The Kier molecular flexibility index (Phi) is 7.21. The molecule has 0 aliphatic carbocycles. The van der Waals surface area contributed by atoms with Crippen molar-refractivity contribution >= 4 is 50.2 Å². The second kappa shape index (κ2) is 10.7. The molecule has 0 aromatic heterocycles. The number of aliphatic hydroxyl groups excluding tert-OH is 1. The van der Waals surface area contributed by atoms with Gasteiger partial charge >= 0.3 is 5.97 Å². The summed E-state index contributed by atoms with van der Waals surface area (Å²) in [6, 6.07) is 21.1. The number of amides is 2. The molecule has 3 heterocycles. The fourth-order valence-electron chi connectivity index (χ4n) is 7.10. The number of alkyl halides is 1. The molecule has 1 unspecified atom stereocenters. The summed E-state index contributed by atoms with van der Waals surface area (Å²) in [5.74, 6) is -4.14. The van der Waals surface area contributed by atoms with E-state index in [1.165, 1.54) is 4.90 Å². The SMILES string of the molecule is C=CCN(C(=O)[C@H]1N([C@@H](CO)Cc2ccccc2)C(=O)[C@@H]2[C@@H](C(=O)O)[C@@H]3O[C@@]21CC3Br)c1ccc2ccccc2c1. The number of aliphatic carboxylic acids is 1. The van der Waals surface area contributed by atoms with Gasteiger partial charge in [0, 0.05) is 17.1 Å². The number of ether oxygens (including phenoxy) is 1. The van der Waals surface area contributed by atoms with Crippen LogP contribution in [-0.4, -0.2) is 74.7 Å². The lowest BCUT2D eigenvalue weighted by Gasteiger charge is -2.39. The summed E-state index contributed by atoms with van der Waals surface area (Å²) in [7, 11) is 0. The van der Waals surface area contributed by atoms with Gasteiger partial charge in [-0.3, -0.25) is 14.4 Å². The van der Waals surface area contributed by atoms with Crippen LogP contribution >= 0.6 is 15.9 Å². The maximum absolute atomic E-state index is 14.8. The highest BCUT2D eigenvalue weighted by atomic mass is 79.9. The van der Waals surface area contributed by atoms with E-state index in [1.54, 1.807) is 11.0 Å². The first-order valence-electron chi connectivity index (χ1n) is 13.7. The van der Waals surface area contributed by atoms with Crippen LogP contribution in [0.3, 0.4) is 0 Å². The van der Waals surface area contributed by atoms with E-state index in [0.717, 1.165) is 16.3 Å². The number of carboxylic acid groups (broad SMARTS) is 1. The molecule has 0 saturated carbocycles. The zero-order valence-corrected chi connectivity index (χ0v) is 23.9. The van der Waals surface area contributed by atoms with Gasteiger partial charge in [-0.25, -0.2) is 0 Å². The number of fused-ring (bicyclic) bond motifs is 2. The fourth-order valence-corrected chi connectivity index (χ4v) is 8.05. The Labute approximate surface area is 246 Å². The average molecular weight is 620 g/mol. The summed E-state index contributed by atoms with van der Waals surface area (Å²) in [6.07, 6.45) is 1.48. The molecular weight excluding hydrogens is 588 g/mol. The number of likely N-dealkylation sites (tertiary alicyclic amines) is 1. The van der Waals surface area contributed by atoms with Gasteiger partial charge in [-0.2, -0.15) is 0 Å². The van der Waals surface area contributed by atoms with Gasteiger partial charge in [-0.05, 0) is 41.3 Å². The summed E-state index contributed by atoms with van der Waals surface area (Å²) in [4.78, 5) is 44.2. The molecule has 1 spiro atoms. The maximum atomic E-state index is 14.8. The molecule has 41 heavy (non-hydrogen) atoms. The lowest BCUT2D eigenvalue weighted by molar-refractivity contribution is -0.150. The molecule has 212 valence electrons. The Morgan fingerprint density at radius 1 is 1.12 bits per heavy atom. The number of hydrogen-bond acceptors (Lipinski definition) is 5. The van der Waals surface area contributed by atoms with E-state index in [4.69, 9.17) is 4.74 Å². The number of anilines is 1. The van der Waals surface area contributed by atoms with E-state index in [2.05, 4.69) is 22.5 Å². The van der Waals surface area contributed by atoms with Crippen molar-refractivity contribution in [3.05, 3.63) is 91.0 Å². The van der Waals surface area contributed by atoms with Crippen LogP contribution in [0.4, 0.5) is 5.69 Å². The van der Waals surface area contributed by atoms with E-state index in [-0.39, 0.29) is 11.4 Å². The minimum absolute atomic E-state index is 0.169. The first-order valence-corrected chi connectivity index (χ1v) is 14.6. The number of benzene rings is 3. The molecular formula is C32H31BrN2O6. The molecule has 7 atom stereocenters. The predicted molar refractivity (Wildman–Crippen MR) is 158 cm³/mol. The van der Waals surface area contributed by atoms with Crippen LogP contribution in [0, 0.1) is 11.8 Å². The van der Waals surface area contributed by atoms with Crippen molar-refractivity contribution in [1.29, 1.82) is 0 Å². The molecule has 2 bridgehead atoms. The van der Waals surface area contributed by atoms with Crippen LogP contribution in [0.1, 0.15) is 12.0 Å². The van der Waals surface area contributed by atoms with E-state index in [1.807, 2.05) is 72.8 Å². The van der Waals surface area contributed by atoms with Crippen molar-refractivity contribution in [3.63, 3.8) is 0 Å². The Morgan fingerprint density at radius 2 is 1.83 bits per heavy atom. The number of rotatable bonds is 9. The summed E-state index contributed by atoms with van der Waals surface area (Å²) in [6.45, 7) is 3.64. The molecule has 0 radical (unpaired) electrons. The number of carbonyl (C=O) groups is 3. The third-order valence-electron chi connectivity index (χ3n) is 8.79. The smallest absolute Gasteiger partial charge is 0.310 e. The van der Waals surface area contributed by atoms with Gasteiger partial charge in [0.05, 0.1) is 30.6 Å². The monoisotopic (exact) mass is 618 g/mol. The number of nitrogens with zero attached hydrogens (tertiary/aromatic N) is 2. The van der Waals surface area contributed by atoms with Crippen LogP contribution in [0.25, 0.3) is 10.8 Å². The lowest BCUT2D eigenvalue weighted by Crippen LogP contribution is -2.59. The highest BCUT2D eigenvalue weighted by molar-refractivity contribution is 9.09. The van der Waals surface area contributed by atoms with E-state index >= 15 is 0 Å². The third-order valence-corrected chi connectivity index (χ3v) is 9.63. The summed E-state index contributed by atoms with van der Waals surface area (Å²) in [5.41, 5.74) is 0.161. The van der Waals surface area contributed by atoms with Crippen LogP contribution in [0.15, 0.2) is 85.5 Å². The number of carboxylic acids is 1.